The van der Waals surface area contributed by atoms with Crippen LogP contribution in [0.2, 0.25) is 0 Å². The van der Waals surface area contributed by atoms with E-state index in [1.165, 1.54) is 17.5 Å². The van der Waals surface area contributed by atoms with Crippen molar-refractivity contribution in [3.8, 4) is 0 Å². The number of carbonyl (C=O) groups excluding carboxylic acids is 1. The Morgan fingerprint density at radius 3 is 2.50 bits per heavy atom. The molecule has 1 aromatic heterocycles. The summed E-state index contributed by atoms with van der Waals surface area (Å²) >= 11 is 0. The maximum Gasteiger partial charge on any atom is 0.272 e. The van der Waals surface area contributed by atoms with Crippen molar-refractivity contribution in [3.63, 3.8) is 0 Å². The summed E-state index contributed by atoms with van der Waals surface area (Å²) in [6.07, 6.45) is 4.66. The number of amides is 1. The Hall–Kier alpha value is -2.51. The van der Waals surface area contributed by atoms with Gasteiger partial charge in [0.25, 0.3) is 5.91 Å². The van der Waals surface area contributed by atoms with Gasteiger partial charge in [0, 0.05) is 44.3 Å². The molecule has 1 amide bonds. The zero-order valence-corrected chi connectivity index (χ0v) is 21.1. The number of hydrogen-bond acceptors (Lipinski definition) is 6. The fourth-order valence-corrected chi connectivity index (χ4v) is 4.89. The monoisotopic (exact) mass is 465 g/mol. The Morgan fingerprint density at radius 2 is 1.79 bits per heavy atom. The van der Waals surface area contributed by atoms with Gasteiger partial charge in [-0.1, -0.05) is 45.0 Å². The van der Waals surface area contributed by atoms with Gasteiger partial charge in [-0.2, -0.15) is 0 Å². The number of anilines is 1. The number of likely N-dealkylation sites (tertiary alicyclic amines) is 1. The highest BCUT2D eigenvalue weighted by Gasteiger charge is 2.28. The molecule has 3 heterocycles. The molecule has 0 radical (unpaired) electrons. The standard InChI is InChI=1S/C27H39N5O2/c1-20-24(26(33)32-12-5-6-23(11-13-32)31-14-16-34-17-15-31)29-19-30-25(20)28-18-21-7-9-22(10-8-21)27(2,3)4/h7-10,19,23H,5-6,11-18H2,1-4H3,(H,28,29,30). The summed E-state index contributed by atoms with van der Waals surface area (Å²) in [4.78, 5) is 26.7. The first-order chi connectivity index (χ1) is 16.3. The van der Waals surface area contributed by atoms with Crippen molar-refractivity contribution >= 4 is 11.7 Å². The molecule has 0 spiro atoms. The average molecular weight is 466 g/mol. The fourth-order valence-electron chi connectivity index (χ4n) is 4.89. The number of nitrogens with one attached hydrogen (secondary N) is 1. The molecule has 0 aliphatic carbocycles. The van der Waals surface area contributed by atoms with Crippen molar-refractivity contribution < 1.29 is 9.53 Å². The van der Waals surface area contributed by atoms with E-state index < -0.39 is 0 Å². The molecule has 0 bridgehead atoms. The lowest BCUT2D eigenvalue weighted by Gasteiger charge is -2.34. The Labute approximate surface area is 203 Å². The van der Waals surface area contributed by atoms with Crippen molar-refractivity contribution in [1.82, 2.24) is 19.8 Å². The van der Waals surface area contributed by atoms with Gasteiger partial charge in [-0.25, -0.2) is 9.97 Å². The molecule has 7 heteroatoms. The van der Waals surface area contributed by atoms with Crippen molar-refractivity contribution in [3.05, 3.63) is 53.0 Å². The maximum absolute atomic E-state index is 13.4. The van der Waals surface area contributed by atoms with Gasteiger partial charge in [0.2, 0.25) is 0 Å². The van der Waals surface area contributed by atoms with Crippen LogP contribution < -0.4 is 5.32 Å². The third-order valence-corrected chi connectivity index (χ3v) is 7.11. The normalized spacial score (nSPS) is 20.1. The second-order valence-corrected chi connectivity index (χ2v) is 10.5. The highest BCUT2D eigenvalue weighted by atomic mass is 16.5. The molecule has 34 heavy (non-hydrogen) atoms. The zero-order valence-electron chi connectivity index (χ0n) is 21.1. The minimum absolute atomic E-state index is 0.0140. The van der Waals surface area contributed by atoms with Crippen LogP contribution >= 0.6 is 0 Å². The first-order valence-electron chi connectivity index (χ1n) is 12.6. The summed E-state index contributed by atoms with van der Waals surface area (Å²) in [5.41, 5.74) is 3.95. The molecule has 0 saturated carbocycles. The fraction of sp³-hybridized carbons (Fsp3) is 0.593. The van der Waals surface area contributed by atoms with Gasteiger partial charge in [0.1, 0.15) is 17.8 Å². The van der Waals surface area contributed by atoms with Crippen molar-refractivity contribution in [1.29, 1.82) is 0 Å². The molecule has 2 aliphatic rings. The van der Waals surface area contributed by atoms with Crippen molar-refractivity contribution in [2.75, 3.05) is 44.7 Å². The van der Waals surface area contributed by atoms with Crippen LogP contribution in [0.3, 0.4) is 0 Å². The number of hydrogen-bond donors (Lipinski definition) is 1. The van der Waals surface area contributed by atoms with Gasteiger partial charge >= 0.3 is 0 Å². The van der Waals surface area contributed by atoms with E-state index in [0.29, 0.717) is 18.3 Å². The quantitative estimate of drug-likeness (QED) is 0.719. The minimum Gasteiger partial charge on any atom is -0.379 e. The lowest BCUT2D eigenvalue weighted by atomic mass is 9.87. The van der Waals surface area contributed by atoms with Gasteiger partial charge < -0.3 is 15.0 Å². The summed E-state index contributed by atoms with van der Waals surface area (Å²) in [5, 5.41) is 3.41. The van der Waals surface area contributed by atoms with Crippen LogP contribution in [0.1, 0.15) is 67.2 Å². The van der Waals surface area contributed by atoms with Crippen LogP contribution in [0, 0.1) is 6.92 Å². The van der Waals surface area contributed by atoms with Crippen LogP contribution in [0.25, 0.3) is 0 Å². The molecular weight excluding hydrogens is 426 g/mol. The number of nitrogens with zero attached hydrogens (tertiary/aromatic N) is 4. The zero-order chi connectivity index (χ0) is 24.1. The number of morpholine rings is 1. The van der Waals surface area contributed by atoms with E-state index in [-0.39, 0.29) is 11.3 Å². The molecule has 1 N–H and O–H groups in total. The van der Waals surface area contributed by atoms with Crippen LogP contribution in [-0.2, 0) is 16.7 Å². The largest absolute Gasteiger partial charge is 0.379 e. The van der Waals surface area contributed by atoms with Gasteiger partial charge in [0.05, 0.1) is 13.2 Å². The van der Waals surface area contributed by atoms with E-state index in [9.17, 15) is 4.79 Å². The van der Waals surface area contributed by atoms with E-state index in [1.54, 1.807) is 0 Å². The predicted molar refractivity (Wildman–Crippen MR) is 135 cm³/mol. The summed E-state index contributed by atoms with van der Waals surface area (Å²) in [6.45, 7) is 14.4. The Kier molecular flexibility index (Phi) is 7.84. The summed E-state index contributed by atoms with van der Waals surface area (Å²) in [7, 11) is 0. The first-order valence-corrected chi connectivity index (χ1v) is 12.6. The van der Waals surface area contributed by atoms with E-state index in [1.807, 2.05) is 11.8 Å². The third kappa shape index (κ3) is 5.94. The van der Waals surface area contributed by atoms with Crippen LogP contribution in [0.5, 0.6) is 0 Å². The molecule has 1 unspecified atom stereocenters. The Balaban J connectivity index is 1.38. The summed E-state index contributed by atoms with van der Waals surface area (Å²) < 4.78 is 5.50. The van der Waals surface area contributed by atoms with Gasteiger partial charge in [-0.3, -0.25) is 9.69 Å². The van der Waals surface area contributed by atoms with Crippen LogP contribution in [0.15, 0.2) is 30.6 Å². The summed E-state index contributed by atoms with van der Waals surface area (Å²) in [6, 6.07) is 9.20. The van der Waals surface area contributed by atoms with Crippen molar-refractivity contribution in [2.45, 2.75) is 65.0 Å². The number of ether oxygens (including phenoxy) is 1. The maximum atomic E-state index is 13.4. The van der Waals surface area contributed by atoms with Gasteiger partial charge in [0.15, 0.2) is 0 Å². The molecule has 7 nitrogen and oxygen atoms in total. The second-order valence-electron chi connectivity index (χ2n) is 10.5. The van der Waals surface area contributed by atoms with Gasteiger partial charge in [-0.15, -0.1) is 0 Å². The highest BCUT2D eigenvalue weighted by Crippen LogP contribution is 2.24. The SMILES string of the molecule is Cc1c(NCc2ccc(C(C)(C)C)cc2)ncnc1C(=O)N1CCCC(N2CCOCC2)CC1. The smallest absolute Gasteiger partial charge is 0.272 e. The Bertz CT molecular complexity index is 964. The molecule has 4 rings (SSSR count). The molecule has 2 saturated heterocycles. The van der Waals surface area contributed by atoms with Crippen LogP contribution in [-0.4, -0.2) is 71.1 Å². The molecule has 2 fully saturated rings. The number of rotatable bonds is 5. The molecule has 184 valence electrons. The summed E-state index contributed by atoms with van der Waals surface area (Å²) in [5.74, 6) is 0.736. The van der Waals surface area contributed by atoms with Gasteiger partial charge in [-0.05, 0) is 42.7 Å². The molecular formula is C27H39N5O2. The topological polar surface area (TPSA) is 70.6 Å². The van der Waals surface area contributed by atoms with E-state index in [0.717, 1.165) is 70.0 Å². The average Bonchev–Trinajstić information content (AvgIpc) is 3.10. The number of benzene rings is 1. The molecule has 2 aliphatic heterocycles. The molecule has 1 atom stereocenters. The van der Waals surface area contributed by atoms with E-state index in [2.05, 4.69) is 65.2 Å². The van der Waals surface area contributed by atoms with Crippen LogP contribution in [0.4, 0.5) is 5.82 Å². The minimum atomic E-state index is 0.0140. The van der Waals surface area contributed by atoms with E-state index >= 15 is 0 Å². The second kappa shape index (κ2) is 10.8. The first kappa shape index (κ1) is 24.6. The van der Waals surface area contributed by atoms with Crippen molar-refractivity contribution in [2.24, 2.45) is 0 Å². The van der Waals surface area contributed by atoms with E-state index in [4.69, 9.17) is 4.74 Å². The highest BCUT2D eigenvalue weighted by molar-refractivity contribution is 5.94. The molecule has 2 aromatic rings. The number of aromatic nitrogens is 2. The Morgan fingerprint density at radius 1 is 1.06 bits per heavy atom. The molecule has 1 aromatic carbocycles. The number of carbonyl (C=O) groups is 1. The lowest BCUT2D eigenvalue weighted by Crippen LogP contribution is -2.44. The lowest BCUT2D eigenvalue weighted by molar-refractivity contribution is 0.0135. The predicted octanol–water partition coefficient (Wildman–Crippen LogP) is 4.02. The third-order valence-electron chi connectivity index (χ3n) is 7.11.